The largest absolute Gasteiger partial charge is 0.482 e. The fraction of sp³-hybridized carbons (Fsp3) is 0.320. The van der Waals surface area contributed by atoms with E-state index in [0.29, 0.717) is 28.1 Å². The van der Waals surface area contributed by atoms with Gasteiger partial charge < -0.3 is 4.74 Å². The minimum Gasteiger partial charge on any atom is -0.482 e. The fourth-order valence-electron chi connectivity index (χ4n) is 4.02. The molecule has 184 valence electrons. The summed E-state index contributed by atoms with van der Waals surface area (Å²) in [5, 5.41) is 18.6. The predicted octanol–water partition coefficient (Wildman–Crippen LogP) is 5.77. The average Bonchev–Trinajstić information content (AvgIpc) is 3.39. The van der Waals surface area contributed by atoms with Crippen LogP contribution in [0.3, 0.4) is 0 Å². The number of nitrogens with one attached hydrogen (secondary N) is 1. The zero-order valence-corrected chi connectivity index (χ0v) is 21.6. The number of pyridine rings is 1. The Morgan fingerprint density at radius 3 is 2.71 bits per heavy atom. The Labute approximate surface area is 211 Å². The smallest absolute Gasteiger partial charge is 0.192 e. The lowest BCUT2D eigenvalue weighted by molar-refractivity contribution is 0.225. The highest BCUT2D eigenvalue weighted by Crippen LogP contribution is 2.35. The number of ether oxygens (including phenoxy) is 1. The van der Waals surface area contributed by atoms with Crippen molar-refractivity contribution in [2.75, 3.05) is 5.48 Å². The van der Waals surface area contributed by atoms with Crippen LogP contribution in [0.1, 0.15) is 43.6 Å². The molecule has 3 aromatic heterocycles. The Balaban J connectivity index is 1.68. The van der Waals surface area contributed by atoms with E-state index in [4.69, 9.17) is 9.84 Å². The molecular weight excluding hydrogens is 515 g/mol. The lowest BCUT2D eigenvalue weighted by atomic mass is 9.96. The van der Waals surface area contributed by atoms with E-state index in [1.807, 2.05) is 36.5 Å². The molecule has 4 rings (SSSR count). The van der Waals surface area contributed by atoms with Gasteiger partial charge in [0.1, 0.15) is 11.9 Å². The van der Waals surface area contributed by atoms with Gasteiger partial charge in [-0.05, 0) is 58.6 Å². The van der Waals surface area contributed by atoms with E-state index in [0.717, 1.165) is 28.9 Å². The molecule has 0 saturated heterocycles. The summed E-state index contributed by atoms with van der Waals surface area (Å²) in [6, 6.07) is 6.29. The minimum absolute atomic E-state index is 0.162. The highest BCUT2D eigenvalue weighted by atomic mass is 79.9. The van der Waals surface area contributed by atoms with Gasteiger partial charge in [-0.25, -0.2) is 14.9 Å². The van der Waals surface area contributed by atoms with Crippen LogP contribution in [0.5, 0.6) is 5.75 Å². The van der Waals surface area contributed by atoms with Crippen molar-refractivity contribution in [3.05, 3.63) is 76.0 Å². The van der Waals surface area contributed by atoms with Crippen molar-refractivity contribution in [3.8, 4) is 17.0 Å². The maximum Gasteiger partial charge on any atom is 0.192 e. The third-order valence-corrected chi connectivity index (χ3v) is 5.91. The number of rotatable bonds is 9. The van der Waals surface area contributed by atoms with Crippen LogP contribution >= 0.6 is 15.9 Å². The number of hydrogen-bond donors (Lipinski definition) is 2. The molecule has 8 nitrogen and oxygen atoms in total. The lowest BCUT2D eigenvalue weighted by Gasteiger charge is -2.20. The van der Waals surface area contributed by atoms with Gasteiger partial charge in [-0.3, -0.25) is 14.6 Å². The molecule has 0 aliphatic rings. The quantitative estimate of drug-likeness (QED) is 0.261. The fourth-order valence-corrected chi connectivity index (χ4v) is 4.33. The summed E-state index contributed by atoms with van der Waals surface area (Å²) in [6.45, 7) is 6.98. The number of aryl methyl sites for hydroxylation is 1. The van der Waals surface area contributed by atoms with Crippen LogP contribution in [0.15, 0.2) is 53.5 Å². The average molecular weight is 543 g/mol. The van der Waals surface area contributed by atoms with E-state index in [2.05, 4.69) is 46.1 Å². The van der Waals surface area contributed by atoms with Crippen LogP contribution in [0, 0.1) is 11.7 Å². The molecule has 0 saturated carbocycles. The van der Waals surface area contributed by atoms with Gasteiger partial charge in [-0.1, -0.05) is 13.8 Å². The summed E-state index contributed by atoms with van der Waals surface area (Å²) in [5.74, 6) is 0.611. The topological polar surface area (TPSA) is 90.0 Å². The molecule has 0 bridgehead atoms. The normalized spacial score (nSPS) is 12.2. The van der Waals surface area contributed by atoms with Gasteiger partial charge in [-0.2, -0.15) is 10.2 Å². The Hall–Kier alpha value is -3.24. The first kappa shape index (κ1) is 24.9. The van der Waals surface area contributed by atoms with E-state index in [9.17, 15) is 9.60 Å². The van der Waals surface area contributed by atoms with E-state index >= 15 is 0 Å². The second kappa shape index (κ2) is 10.6. The van der Waals surface area contributed by atoms with Gasteiger partial charge in [0.05, 0.1) is 11.9 Å². The van der Waals surface area contributed by atoms with Crippen LogP contribution in [-0.2, 0) is 20.0 Å². The summed E-state index contributed by atoms with van der Waals surface area (Å²) in [5.41, 5.74) is 6.26. The number of halogens is 2. The van der Waals surface area contributed by atoms with Crippen molar-refractivity contribution in [1.29, 1.82) is 0 Å². The summed E-state index contributed by atoms with van der Waals surface area (Å²) < 4.78 is 24.9. The molecule has 35 heavy (non-hydrogen) atoms. The van der Waals surface area contributed by atoms with E-state index in [1.54, 1.807) is 16.8 Å². The molecule has 0 fully saturated rings. The van der Waals surface area contributed by atoms with Gasteiger partial charge in [-0.15, -0.1) is 0 Å². The molecule has 10 heteroatoms. The molecule has 0 aliphatic heterocycles. The second-order valence-corrected chi connectivity index (χ2v) is 9.84. The Kier molecular flexibility index (Phi) is 7.51. The van der Waals surface area contributed by atoms with Crippen LogP contribution < -0.4 is 10.2 Å². The molecule has 0 spiro atoms. The van der Waals surface area contributed by atoms with Crippen molar-refractivity contribution >= 4 is 21.7 Å². The Morgan fingerprint density at radius 1 is 1.17 bits per heavy atom. The number of benzene rings is 1. The second-order valence-electron chi connectivity index (χ2n) is 8.92. The predicted molar refractivity (Wildman–Crippen MR) is 135 cm³/mol. The molecule has 4 aromatic rings. The number of hydrogen-bond acceptors (Lipinski definition) is 6. The van der Waals surface area contributed by atoms with Gasteiger partial charge in [0.25, 0.3) is 0 Å². The molecule has 0 radical (unpaired) electrons. The number of nitrogens with zero attached hydrogens (tertiary/aromatic N) is 5. The summed E-state index contributed by atoms with van der Waals surface area (Å²) in [6.07, 6.45) is 7.51. The maximum atomic E-state index is 14.4. The SMILES string of the molecule is CC(C)Cn1cc(Cc2cn(C)nc2-c2ccc(F)cc2[C@@H](C)Oc2cc(Br)cnc2NO)cn1. The monoisotopic (exact) mass is 542 g/mol. The van der Waals surface area contributed by atoms with Crippen molar-refractivity contribution in [1.82, 2.24) is 24.5 Å². The highest BCUT2D eigenvalue weighted by Gasteiger charge is 2.21. The zero-order valence-electron chi connectivity index (χ0n) is 20.0. The molecular formula is C25H28BrFN6O2. The van der Waals surface area contributed by atoms with Crippen molar-refractivity contribution in [2.24, 2.45) is 13.0 Å². The van der Waals surface area contributed by atoms with Crippen LogP contribution in [0.4, 0.5) is 10.2 Å². The minimum atomic E-state index is -0.562. The van der Waals surface area contributed by atoms with Gasteiger partial charge in [0.15, 0.2) is 11.6 Å². The summed E-state index contributed by atoms with van der Waals surface area (Å²) >= 11 is 3.36. The maximum absolute atomic E-state index is 14.4. The molecule has 0 unspecified atom stereocenters. The molecule has 2 N–H and O–H groups in total. The zero-order chi connectivity index (χ0) is 25.1. The number of anilines is 1. The Bertz CT molecular complexity index is 1320. The van der Waals surface area contributed by atoms with Crippen LogP contribution in [0.25, 0.3) is 11.3 Å². The van der Waals surface area contributed by atoms with E-state index < -0.39 is 6.10 Å². The van der Waals surface area contributed by atoms with E-state index in [-0.39, 0.29) is 11.6 Å². The van der Waals surface area contributed by atoms with Crippen molar-refractivity contribution < 1.29 is 14.3 Å². The summed E-state index contributed by atoms with van der Waals surface area (Å²) in [7, 11) is 1.87. The molecule has 1 atom stereocenters. The number of aromatic nitrogens is 5. The molecule has 0 amide bonds. The van der Waals surface area contributed by atoms with Gasteiger partial charge in [0, 0.05) is 59.8 Å². The van der Waals surface area contributed by atoms with Gasteiger partial charge >= 0.3 is 0 Å². The van der Waals surface area contributed by atoms with Crippen LogP contribution in [0.2, 0.25) is 0 Å². The third-order valence-electron chi connectivity index (χ3n) is 5.47. The molecule has 3 heterocycles. The molecule has 0 aliphatic carbocycles. The first-order chi connectivity index (χ1) is 16.7. The van der Waals surface area contributed by atoms with Crippen molar-refractivity contribution in [2.45, 2.75) is 39.8 Å². The van der Waals surface area contributed by atoms with E-state index in [1.165, 1.54) is 18.3 Å². The first-order valence-corrected chi connectivity index (χ1v) is 12.1. The van der Waals surface area contributed by atoms with Crippen molar-refractivity contribution in [3.63, 3.8) is 0 Å². The Morgan fingerprint density at radius 2 is 1.97 bits per heavy atom. The standard InChI is InChI=1S/C25H28BrFN6O2/c1-15(2)12-33-13-17(10-29-33)7-18-14-32(4)30-24(18)21-6-5-20(27)9-22(21)16(3)35-23-8-19(26)11-28-25(23)31-34/h5-6,8-11,13-16,34H,7,12H2,1-4H3,(H,28,31)/t16-/m1/s1. The third kappa shape index (κ3) is 5.88. The lowest BCUT2D eigenvalue weighted by Crippen LogP contribution is -2.08. The molecule has 1 aromatic carbocycles. The first-order valence-electron chi connectivity index (χ1n) is 11.3. The van der Waals surface area contributed by atoms with Crippen LogP contribution in [-0.4, -0.2) is 29.8 Å². The summed E-state index contributed by atoms with van der Waals surface area (Å²) in [4.78, 5) is 4.09. The highest BCUT2D eigenvalue weighted by molar-refractivity contribution is 9.10. The van der Waals surface area contributed by atoms with Gasteiger partial charge in [0.2, 0.25) is 0 Å².